The lowest BCUT2D eigenvalue weighted by atomic mass is 10.1. The van der Waals surface area contributed by atoms with Gasteiger partial charge >= 0.3 is 0 Å². The molecule has 0 radical (unpaired) electrons. The zero-order valence-corrected chi connectivity index (χ0v) is 10.6. The molecular formula is C12H10N4O2S. The Bertz CT molecular complexity index is 820. The largest absolute Gasteiger partial charge is 0.378 e. The maximum absolute atomic E-state index is 11.8. The molecule has 0 aliphatic heterocycles. The van der Waals surface area contributed by atoms with E-state index in [0.717, 1.165) is 5.01 Å². The average Bonchev–Trinajstić information content (AvgIpc) is 2.94. The molecule has 6 nitrogen and oxygen atoms in total. The van der Waals surface area contributed by atoms with Crippen molar-refractivity contribution in [2.75, 3.05) is 5.32 Å². The van der Waals surface area contributed by atoms with E-state index in [4.69, 9.17) is 0 Å². The van der Waals surface area contributed by atoms with Crippen LogP contribution in [-0.2, 0) is 6.54 Å². The Hall–Kier alpha value is -2.41. The second-order valence-corrected chi connectivity index (χ2v) is 4.89. The van der Waals surface area contributed by atoms with Gasteiger partial charge in [-0.1, -0.05) is 6.07 Å². The molecule has 0 amide bonds. The predicted molar refractivity (Wildman–Crippen MR) is 74.6 cm³/mol. The van der Waals surface area contributed by atoms with Gasteiger partial charge in [0, 0.05) is 17.3 Å². The molecule has 0 unspecified atom stereocenters. The average molecular weight is 274 g/mol. The monoisotopic (exact) mass is 274 g/mol. The van der Waals surface area contributed by atoms with Crippen LogP contribution in [0.15, 0.2) is 39.4 Å². The van der Waals surface area contributed by atoms with Gasteiger partial charge in [0.1, 0.15) is 5.01 Å². The molecule has 0 atom stereocenters. The summed E-state index contributed by atoms with van der Waals surface area (Å²) in [6, 6.07) is 5.13. The molecule has 3 rings (SSSR count). The van der Waals surface area contributed by atoms with Crippen molar-refractivity contribution in [3.05, 3.63) is 55.5 Å². The highest BCUT2D eigenvalue weighted by atomic mass is 32.1. The van der Waals surface area contributed by atoms with Crippen LogP contribution in [0, 0.1) is 0 Å². The van der Waals surface area contributed by atoms with Crippen molar-refractivity contribution < 1.29 is 0 Å². The van der Waals surface area contributed by atoms with E-state index in [1.54, 1.807) is 24.4 Å². The fourth-order valence-electron chi connectivity index (χ4n) is 1.89. The maximum atomic E-state index is 11.8. The fraction of sp³-hybridized carbons (Fsp3) is 0.0833. The Morgan fingerprint density at radius 2 is 2.05 bits per heavy atom. The predicted octanol–water partition coefficient (Wildman–Crippen LogP) is 1.28. The van der Waals surface area contributed by atoms with Gasteiger partial charge in [0.05, 0.1) is 17.3 Å². The summed E-state index contributed by atoms with van der Waals surface area (Å²) in [5.74, 6) is 0. The molecule has 0 spiro atoms. The fourth-order valence-corrected chi connectivity index (χ4v) is 2.44. The first kappa shape index (κ1) is 11.7. The summed E-state index contributed by atoms with van der Waals surface area (Å²) in [7, 11) is 0. The van der Waals surface area contributed by atoms with Crippen molar-refractivity contribution in [2.45, 2.75) is 6.54 Å². The number of benzene rings is 1. The third-order valence-electron chi connectivity index (χ3n) is 2.74. The van der Waals surface area contributed by atoms with Crippen LogP contribution in [0.25, 0.3) is 10.8 Å². The molecule has 7 heteroatoms. The SMILES string of the molecule is O=c1[nH][nH]c(=O)c2c(NCc3nccs3)cccc12. The van der Waals surface area contributed by atoms with Gasteiger partial charge in [0.15, 0.2) is 0 Å². The summed E-state index contributed by atoms with van der Waals surface area (Å²) >= 11 is 1.53. The summed E-state index contributed by atoms with van der Waals surface area (Å²) in [6.45, 7) is 0.517. The zero-order valence-electron chi connectivity index (χ0n) is 9.77. The number of aromatic nitrogens is 3. The van der Waals surface area contributed by atoms with Crippen LogP contribution in [-0.4, -0.2) is 15.2 Å². The van der Waals surface area contributed by atoms with Crippen LogP contribution >= 0.6 is 11.3 Å². The van der Waals surface area contributed by atoms with Crippen LogP contribution in [0.4, 0.5) is 5.69 Å². The van der Waals surface area contributed by atoms with Gasteiger partial charge in [-0.3, -0.25) is 19.8 Å². The lowest BCUT2D eigenvalue weighted by molar-refractivity contribution is 0.975. The molecule has 96 valence electrons. The van der Waals surface area contributed by atoms with Crippen molar-refractivity contribution in [3.8, 4) is 0 Å². The molecule has 1 aromatic carbocycles. The summed E-state index contributed by atoms with van der Waals surface area (Å²) in [5.41, 5.74) is -0.00983. The van der Waals surface area contributed by atoms with Crippen LogP contribution in [0.2, 0.25) is 0 Å². The van der Waals surface area contributed by atoms with Crippen molar-refractivity contribution in [1.29, 1.82) is 0 Å². The third-order valence-corrected chi connectivity index (χ3v) is 3.52. The van der Waals surface area contributed by atoms with Crippen LogP contribution < -0.4 is 16.4 Å². The smallest absolute Gasteiger partial charge is 0.272 e. The first-order valence-corrected chi connectivity index (χ1v) is 6.49. The molecule has 3 N–H and O–H groups in total. The number of fused-ring (bicyclic) bond motifs is 1. The highest BCUT2D eigenvalue weighted by molar-refractivity contribution is 7.09. The molecule has 2 aromatic heterocycles. The number of nitrogens with zero attached hydrogens (tertiary/aromatic N) is 1. The molecule has 3 aromatic rings. The highest BCUT2D eigenvalue weighted by Gasteiger charge is 2.08. The Labute approximate surface area is 111 Å². The number of H-pyrrole nitrogens is 2. The summed E-state index contributed by atoms with van der Waals surface area (Å²) in [4.78, 5) is 27.6. The molecule has 0 fully saturated rings. The quantitative estimate of drug-likeness (QED) is 0.671. The van der Waals surface area contributed by atoms with Crippen molar-refractivity contribution in [2.24, 2.45) is 0 Å². The van der Waals surface area contributed by atoms with Gasteiger partial charge in [-0.25, -0.2) is 4.98 Å². The lowest BCUT2D eigenvalue weighted by Gasteiger charge is -2.06. The second kappa shape index (κ2) is 4.69. The molecule has 0 saturated carbocycles. The Morgan fingerprint density at radius 3 is 2.84 bits per heavy atom. The Balaban J connectivity index is 2.06. The van der Waals surface area contributed by atoms with Gasteiger partial charge in [0.25, 0.3) is 11.1 Å². The van der Waals surface area contributed by atoms with E-state index in [1.807, 2.05) is 5.38 Å². The molecule has 0 saturated heterocycles. The minimum atomic E-state index is -0.322. The topological polar surface area (TPSA) is 90.6 Å². The Kier molecular flexibility index (Phi) is 2.88. The molecule has 2 heterocycles. The highest BCUT2D eigenvalue weighted by Crippen LogP contribution is 2.18. The number of rotatable bonds is 3. The number of hydrogen-bond acceptors (Lipinski definition) is 5. The van der Waals surface area contributed by atoms with Crippen LogP contribution in [0.3, 0.4) is 0 Å². The minimum absolute atomic E-state index is 0.313. The molecule has 0 aliphatic rings. The van der Waals surface area contributed by atoms with E-state index in [-0.39, 0.29) is 11.1 Å². The van der Waals surface area contributed by atoms with Gasteiger partial charge in [0.2, 0.25) is 0 Å². The number of thiazole rings is 1. The Morgan fingerprint density at radius 1 is 1.21 bits per heavy atom. The van der Waals surface area contributed by atoms with Crippen molar-refractivity contribution in [3.63, 3.8) is 0 Å². The van der Waals surface area contributed by atoms with E-state index in [1.165, 1.54) is 11.3 Å². The third kappa shape index (κ3) is 2.15. The van der Waals surface area contributed by atoms with Gasteiger partial charge in [-0.2, -0.15) is 0 Å². The number of anilines is 1. The number of aromatic amines is 2. The summed E-state index contributed by atoms with van der Waals surface area (Å²) in [6.07, 6.45) is 1.72. The molecule has 19 heavy (non-hydrogen) atoms. The summed E-state index contributed by atoms with van der Waals surface area (Å²) in [5, 5.41) is 11.3. The first-order chi connectivity index (χ1) is 9.25. The van der Waals surface area contributed by atoms with E-state index in [9.17, 15) is 9.59 Å². The zero-order chi connectivity index (χ0) is 13.2. The van der Waals surface area contributed by atoms with E-state index < -0.39 is 0 Å². The van der Waals surface area contributed by atoms with Crippen molar-refractivity contribution in [1.82, 2.24) is 15.2 Å². The van der Waals surface area contributed by atoms with E-state index in [0.29, 0.717) is 23.0 Å². The minimum Gasteiger partial charge on any atom is -0.378 e. The van der Waals surface area contributed by atoms with Crippen molar-refractivity contribution >= 4 is 27.8 Å². The lowest BCUT2D eigenvalue weighted by Crippen LogP contribution is -2.20. The van der Waals surface area contributed by atoms with E-state index >= 15 is 0 Å². The standard InChI is InChI=1S/C12H10N4O2S/c17-11-7-2-1-3-8(10(7)12(18)16-15-11)14-6-9-13-4-5-19-9/h1-5,14H,6H2,(H,15,17)(H,16,18). The van der Waals surface area contributed by atoms with Gasteiger partial charge < -0.3 is 5.32 Å². The van der Waals surface area contributed by atoms with E-state index in [2.05, 4.69) is 20.5 Å². The number of nitrogens with one attached hydrogen (secondary N) is 3. The van der Waals surface area contributed by atoms with Gasteiger partial charge in [-0.15, -0.1) is 11.3 Å². The normalized spacial score (nSPS) is 10.7. The van der Waals surface area contributed by atoms with Gasteiger partial charge in [-0.05, 0) is 12.1 Å². The molecule has 0 aliphatic carbocycles. The van der Waals surface area contributed by atoms with Crippen LogP contribution in [0.5, 0.6) is 0 Å². The molecule has 0 bridgehead atoms. The first-order valence-electron chi connectivity index (χ1n) is 5.61. The summed E-state index contributed by atoms with van der Waals surface area (Å²) < 4.78 is 0. The molecular weight excluding hydrogens is 264 g/mol. The van der Waals surface area contributed by atoms with Crippen LogP contribution in [0.1, 0.15) is 5.01 Å². The second-order valence-electron chi connectivity index (χ2n) is 3.92. The number of hydrogen-bond donors (Lipinski definition) is 3. The maximum Gasteiger partial charge on any atom is 0.272 e.